The van der Waals surface area contributed by atoms with Gasteiger partial charge in [0.2, 0.25) is 5.52 Å². The Bertz CT molecular complexity index is 732. The number of aryl methyl sites for hydroxylation is 1. The highest BCUT2D eigenvalue weighted by Crippen LogP contribution is 2.14. The predicted octanol–water partition coefficient (Wildman–Crippen LogP) is 4.38. The highest BCUT2D eigenvalue weighted by atomic mass is 79.9. The molecule has 0 saturated heterocycles. The zero-order valence-electron chi connectivity index (χ0n) is 11.5. The number of pyridine rings is 1. The van der Waals surface area contributed by atoms with Crippen LogP contribution < -0.4 is 4.57 Å². The Morgan fingerprint density at radius 2 is 1.60 bits per heavy atom. The van der Waals surface area contributed by atoms with Crippen LogP contribution >= 0.6 is 15.9 Å². The smallest absolute Gasteiger partial charge is 0.194 e. The van der Waals surface area contributed by atoms with E-state index in [0.29, 0.717) is 0 Å². The number of rotatable bonds is 3. The fraction of sp³-hybridized carbons (Fsp3) is 0.167. The highest BCUT2D eigenvalue weighted by molar-refractivity contribution is 9.08. The van der Waals surface area contributed by atoms with Crippen molar-refractivity contribution in [1.82, 2.24) is 0 Å². The first kappa shape index (κ1) is 13.3. The Labute approximate surface area is 128 Å². The summed E-state index contributed by atoms with van der Waals surface area (Å²) in [5.74, 6) is 0. The van der Waals surface area contributed by atoms with Crippen molar-refractivity contribution in [1.29, 1.82) is 0 Å². The van der Waals surface area contributed by atoms with Gasteiger partial charge in [-0.05, 0) is 24.1 Å². The van der Waals surface area contributed by atoms with Crippen molar-refractivity contribution < 1.29 is 4.57 Å². The van der Waals surface area contributed by atoms with Gasteiger partial charge in [-0.15, -0.1) is 0 Å². The third-order valence-electron chi connectivity index (χ3n) is 3.67. The van der Waals surface area contributed by atoms with Crippen molar-refractivity contribution in [3.05, 3.63) is 77.5 Å². The van der Waals surface area contributed by atoms with Gasteiger partial charge in [0.15, 0.2) is 12.7 Å². The summed E-state index contributed by atoms with van der Waals surface area (Å²) in [7, 11) is 0. The van der Waals surface area contributed by atoms with E-state index in [9.17, 15) is 0 Å². The van der Waals surface area contributed by atoms with Gasteiger partial charge >= 0.3 is 0 Å². The summed E-state index contributed by atoms with van der Waals surface area (Å²) in [6.45, 7) is 3.07. The van der Waals surface area contributed by atoms with Crippen molar-refractivity contribution in [3.63, 3.8) is 0 Å². The first-order chi connectivity index (χ1) is 9.78. The average Bonchev–Trinajstić information content (AvgIpc) is 2.51. The summed E-state index contributed by atoms with van der Waals surface area (Å²) in [5.41, 5.74) is 5.25. The number of hydrogen-bond acceptors (Lipinski definition) is 0. The van der Waals surface area contributed by atoms with Crippen LogP contribution in [0.15, 0.2) is 60.8 Å². The quantitative estimate of drug-likeness (QED) is 0.496. The average molecular weight is 327 g/mol. The molecule has 0 unspecified atom stereocenters. The molecule has 0 fully saturated rings. The maximum Gasteiger partial charge on any atom is 0.213 e. The van der Waals surface area contributed by atoms with E-state index >= 15 is 0 Å². The van der Waals surface area contributed by atoms with Crippen LogP contribution in [-0.4, -0.2) is 0 Å². The van der Waals surface area contributed by atoms with Gasteiger partial charge in [0.05, 0.1) is 0 Å². The zero-order chi connectivity index (χ0) is 13.9. The first-order valence-electron chi connectivity index (χ1n) is 6.79. The van der Waals surface area contributed by atoms with E-state index in [-0.39, 0.29) is 0 Å². The summed E-state index contributed by atoms with van der Waals surface area (Å²) in [4.78, 5) is 0. The Morgan fingerprint density at radius 3 is 2.35 bits per heavy atom. The SMILES string of the molecule is Cc1cc[n+](Cc2ccc(CBr)cc2)c2ccccc12. The van der Waals surface area contributed by atoms with Crippen LogP contribution in [0.2, 0.25) is 0 Å². The zero-order valence-corrected chi connectivity index (χ0v) is 13.1. The molecular weight excluding hydrogens is 310 g/mol. The molecule has 3 aromatic rings. The lowest BCUT2D eigenvalue weighted by Gasteiger charge is -2.04. The van der Waals surface area contributed by atoms with Crippen LogP contribution in [0.5, 0.6) is 0 Å². The summed E-state index contributed by atoms with van der Waals surface area (Å²) in [6, 6.07) is 19.6. The van der Waals surface area contributed by atoms with Gasteiger partial charge in [0.1, 0.15) is 0 Å². The van der Waals surface area contributed by atoms with Crippen LogP contribution in [0, 0.1) is 6.92 Å². The van der Waals surface area contributed by atoms with Gasteiger partial charge in [0, 0.05) is 28.4 Å². The third kappa shape index (κ3) is 2.61. The largest absolute Gasteiger partial charge is 0.213 e. The maximum absolute atomic E-state index is 3.48. The molecule has 0 aliphatic rings. The number of fused-ring (bicyclic) bond motifs is 1. The molecular formula is C18H17BrN+. The molecule has 0 saturated carbocycles. The fourth-order valence-corrected chi connectivity index (χ4v) is 2.87. The summed E-state index contributed by atoms with van der Waals surface area (Å²) in [5, 5.41) is 2.24. The molecule has 0 bridgehead atoms. The van der Waals surface area contributed by atoms with Crippen molar-refractivity contribution in [3.8, 4) is 0 Å². The molecule has 0 aliphatic heterocycles. The molecule has 2 heteroatoms. The first-order valence-corrected chi connectivity index (χ1v) is 7.91. The second-order valence-corrected chi connectivity index (χ2v) is 5.65. The van der Waals surface area contributed by atoms with Gasteiger partial charge in [-0.2, -0.15) is 4.57 Å². The second-order valence-electron chi connectivity index (χ2n) is 5.09. The molecule has 0 spiro atoms. The standard InChI is InChI=1S/C18H17BrN/c1-14-10-11-20(18-5-3-2-4-17(14)18)13-16-8-6-15(12-19)7-9-16/h2-11H,12-13H2,1H3/q+1. The Hall–Kier alpha value is -1.67. The number of halogens is 1. The number of benzene rings is 2. The van der Waals surface area contributed by atoms with Crippen molar-refractivity contribution in [2.24, 2.45) is 0 Å². The molecule has 0 amide bonds. The predicted molar refractivity (Wildman–Crippen MR) is 87.1 cm³/mol. The molecule has 20 heavy (non-hydrogen) atoms. The molecule has 1 heterocycles. The van der Waals surface area contributed by atoms with Crippen LogP contribution in [0.4, 0.5) is 0 Å². The van der Waals surface area contributed by atoms with E-state index in [1.54, 1.807) is 0 Å². The Kier molecular flexibility index (Phi) is 3.83. The monoisotopic (exact) mass is 326 g/mol. The Morgan fingerprint density at radius 1 is 0.900 bits per heavy atom. The lowest BCUT2D eigenvalue weighted by Crippen LogP contribution is -2.34. The van der Waals surface area contributed by atoms with E-state index in [2.05, 4.69) is 88.2 Å². The van der Waals surface area contributed by atoms with E-state index in [0.717, 1.165) is 11.9 Å². The third-order valence-corrected chi connectivity index (χ3v) is 4.32. The minimum atomic E-state index is 0.906. The number of para-hydroxylation sites is 1. The van der Waals surface area contributed by atoms with Crippen LogP contribution in [0.3, 0.4) is 0 Å². The van der Waals surface area contributed by atoms with Crippen molar-refractivity contribution in [2.45, 2.75) is 18.8 Å². The molecule has 1 nitrogen and oxygen atoms in total. The van der Waals surface area contributed by atoms with Gasteiger partial charge in [-0.1, -0.05) is 52.3 Å². The molecule has 3 rings (SSSR count). The lowest BCUT2D eigenvalue weighted by atomic mass is 10.1. The van der Waals surface area contributed by atoms with Gasteiger partial charge < -0.3 is 0 Å². The normalized spacial score (nSPS) is 10.9. The van der Waals surface area contributed by atoms with Gasteiger partial charge in [0.25, 0.3) is 0 Å². The molecule has 100 valence electrons. The molecule has 2 aromatic carbocycles. The van der Waals surface area contributed by atoms with E-state index in [1.807, 2.05) is 0 Å². The molecule has 1 aromatic heterocycles. The minimum absolute atomic E-state index is 0.906. The summed E-state index contributed by atoms with van der Waals surface area (Å²) < 4.78 is 2.31. The van der Waals surface area contributed by atoms with Crippen LogP contribution in [-0.2, 0) is 11.9 Å². The van der Waals surface area contributed by atoms with Gasteiger partial charge in [-0.3, -0.25) is 0 Å². The number of hydrogen-bond donors (Lipinski definition) is 0. The van der Waals surface area contributed by atoms with Crippen LogP contribution in [0.25, 0.3) is 10.9 Å². The fourth-order valence-electron chi connectivity index (χ4n) is 2.50. The second kappa shape index (κ2) is 5.76. The summed E-state index contributed by atoms with van der Waals surface area (Å²) >= 11 is 3.48. The maximum atomic E-state index is 3.48. The topological polar surface area (TPSA) is 3.88 Å². The number of alkyl halides is 1. The number of aromatic nitrogens is 1. The van der Waals surface area contributed by atoms with E-state index < -0.39 is 0 Å². The van der Waals surface area contributed by atoms with E-state index in [4.69, 9.17) is 0 Å². The molecule has 0 N–H and O–H groups in total. The van der Waals surface area contributed by atoms with Gasteiger partial charge in [-0.25, -0.2) is 0 Å². The molecule has 0 atom stereocenters. The van der Waals surface area contributed by atoms with Crippen molar-refractivity contribution >= 4 is 26.8 Å². The molecule has 0 radical (unpaired) electrons. The lowest BCUT2D eigenvalue weighted by molar-refractivity contribution is -0.662. The van der Waals surface area contributed by atoms with E-state index in [1.165, 1.54) is 27.6 Å². The minimum Gasteiger partial charge on any atom is -0.194 e. The Balaban J connectivity index is 2.00. The highest BCUT2D eigenvalue weighted by Gasteiger charge is 2.10. The van der Waals surface area contributed by atoms with Crippen molar-refractivity contribution in [2.75, 3.05) is 0 Å². The van der Waals surface area contributed by atoms with Crippen LogP contribution in [0.1, 0.15) is 16.7 Å². The summed E-state index contributed by atoms with van der Waals surface area (Å²) in [6.07, 6.45) is 2.18. The molecule has 0 aliphatic carbocycles. The number of nitrogens with zero attached hydrogens (tertiary/aromatic N) is 1.